The zero-order chi connectivity index (χ0) is 19.2. The highest BCUT2D eigenvalue weighted by Crippen LogP contribution is 2.33. The van der Waals surface area contributed by atoms with Crippen molar-refractivity contribution in [3.63, 3.8) is 0 Å². The smallest absolute Gasteiger partial charge is 0.194 e. The van der Waals surface area contributed by atoms with Gasteiger partial charge in [-0.2, -0.15) is 0 Å². The topological polar surface area (TPSA) is 34.6 Å². The minimum atomic E-state index is 0.754. The summed E-state index contributed by atoms with van der Waals surface area (Å²) in [7, 11) is 0. The first-order valence-electron chi connectivity index (χ1n) is 9.38. The summed E-state index contributed by atoms with van der Waals surface area (Å²) < 4.78 is 4.43. The van der Waals surface area contributed by atoms with E-state index in [1.54, 1.807) is 22.7 Å². The number of thiazole rings is 2. The molecule has 0 amide bonds. The fourth-order valence-electron chi connectivity index (χ4n) is 3.82. The average Bonchev–Trinajstić information content (AvgIpc) is 3.52. The van der Waals surface area contributed by atoms with Gasteiger partial charge in [0.25, 0.3) is 0 Å². The summed E-state index contributed by atoms with van der Waals surface area (Å²) in [4.78, 5) is 11.9. The van der Waals surface area contributed by atoms with Crippen molar-refractivity contribution < 1.29 is 0 Å². The summed E-state index contributed by atoms with van der Waals surface area (Å²) in [6.07, 6.45) is 4.98. The van der Waals surface area contributed by atoms with E-state index in [4.69, 9.17) is 9.97 Å². The maximum absolute atomic E-state index is 4.95. The van der Waals surface area contributed by atoms with Gasteiger partial charge in [-0.3, -0.25) is 8.80 Å². The molecule has 2 aromatic carbocycles. The molecule has 6 rings (SSSR count). The average molecular weight is 413 g/mol. The molecule has 0 atom stereocenters. The largest absolute Gasteiger partial charge is 0.294 e. The SMILES string of the molecule is c1ccc(-c2nc3sccn3c2Cc2c(-c3ccccc3)nc3sccn23)cc1. The van der Waals surface area contributed by atoms with E-state index in [1.807, 2.05) is 12.1 Å². The first-order valence-corrected chi connectivity index (χ1v) is 11.1. The van der Waals surface area contributed by atoms with E-state index < -0.39 is 0 Å². The molecule has 4 heterocycles. The number of fused-ring (bicyclic) bond motifs is 2. The second kappa shape index (κ2) is 6.69. The Hall–Kier alpha value is -3.22. The summed E-state index contributed by atoms with van der Waals surface area (Å²) >= 11 is 3.33. The lowest BCUT2D eigenvalue weighted by Crippen LogP contribution is -2.00. The Labute approximate surface area is 175 Å². The van der Waals surface area contributed by atoms with E-state index in [0.29, 0.717) is 0 Å². The number of aromatic nitrogens is 4. The molecule has 0 saturated heterocycles. The third kappa shape index (κ3) is 2.72. The molecule has 29 heavy (non-hydrogen) atoms. The van der Waals surface area contributed by atoms with Crippen LogP contribution >= 0.6 is 22.7 Å². The second-order valence-corrected chi connectivity index (χ2v) is 8.58. The minimum absolute atomic E-state index is 0.754. The van der Waals surface area contributed by atoms with E-state index in [1.165, 1.54) is 11.4 Å². The molecule has 0 N–H and O–H groups in total. The van der Waals surface area contributed by atoms with Crippen molar-refractivity contribution in [3.05, 3.63) is 95.2 Å². The summed E-state index contributed by atoms with van der Waals surface area (Å²) in [5.41, 5.74) is 6.76. The quantitative estimate of drug-likeness (QED) is 0.354. The van der Waals surface area contributed by atoms with Crippen molar-refractivity contribution in [2.45, 2.75) is 6.42 Å². The molecular formula is C23H16N4S2. The number of imidazole rings is 2. The molecule has 4 nitrogen and oxygen atoms in total. The molecule has 0 unspecified atom stereocenters. The number of benzene rings is 2. The van der Waals surface area contributed by atoms with Gasteiger partial charge in [-0.05, 0) is 0 Å². The number of hydrogen-bond acceptors (Lipinski definition) is 4. The Bertz CT molecular complexity index is 1310. The van der Waals surface area contributed by atoms with Crippen molar-refractivity contribution in [1.29, 1.82) is 0 Å². The molecule has 4 aromatic heterocycles. The zero-order valence-electron chi connectivity index (χ0n) is 15.4. The van der Waals surface area contributed by atoms with Crippen molar-refractivity contribution in [2.75, 3.05) is 0 Å². The second-order valence-electron chi connectivity index (χ2n) is 6.83. The fourth-order valence-corrected chi connectivity index (χ4v) is 5.28. The van der Waals surface area contributed by atoms with Crippen molar-refractivity contribution >= 4 is 32.6 Å². The molecule has 6 aromatic rings. The molecule has 0 spiro atoms. The van der Waals surface area contributed by atoms with Crippen LogP contribution in [0.5, 0.6) is 0 Å². The predicted octanol–water partition coefficient (Wildman–Crippen LogP) is 6.03. The van der Waals surface area contributed by atoms with Gasteiger partial charge in [0.15, 0.2) is 9.92 Å². The molecule has 140 valence electrons. The fraction of sp³-hybridized carbons (Fsp3) is 0.0435. The molecule has 0 radical (unpaired) electrons. The maximum atomic E-state index is 4.95. The van der Waals surface area contributed by atoms with Gasteiger partial charge in [0.2, 0.25) is 0 Å². The highest BCUT2D eigenvalue weighted by molar-refractivity contribution is 7.15. The summed E-state index contributed by atoms with van der Waals surface area (Å²) in [5, 5.41) is 4.19. The van der Waals surface area contributed by atoms with Crippen molar-refractivity contribution in [3.8, 4) is 22.5 Å². The first kappa shape index (κ1) is 16.7. The molecule has 0 aliphatic rings. The molecule has 0 bridgehead atoms. The van der Waals surface area contributed by atoms with E-state index in [9.17, 15) is 0 Å². The van der Waals surface area contributed by atoms with Crippen LogP contribution in [0.1, 0.15) is 11.4 Å². The summed E-state index contributed by atoms with van der Waals surface area (Å²) in [5.74, 6) is 0. The molecule has 0 fully saturated rings. The normalized spacial score (nSPS) is 11.6. The van der Waals surface area contributed by atoms with Gasteiger partial charge in [0.05, 0.1) is 22.8 Å². The number of hydrogen-bond donors (Lipinski definition) is 0. The van der Waals surface area contributed by atoms with Crippen LogP contribution in [0, 0.1) is 0 Å². The van der Waals surface area contributed by atoms with Crippen LogP contribution in [0.2, 0.25) is 0 Å². The Kier molecular flexibility index (Phi) is 3.85. The monoisotopic (exact) mass is 412 g/mol. The lowest BCUT2D eigenvalue weighted by molar-refractivity contribution is 0.977. The van der Waals surface area contributed by atoms with Crippen LogP contribution in [0.4, 0.5) is 0 Å². The third-order valence-electron chi connectivity index (χ3n) is 5.15. The van der Waals surface area contributed by atoms with Crippen LogP contribution in [-0.4, -0.2) is 18.8 Å². The van der Waals surface area contributed by atoms with Gasteiger partial charge in [-0.15, -0.1) is 22.7 Å². The molecule has 0 aliphatic carbocycles. The first-order chi connectivity index (χ1) is 14.4. The van der Waals surface area contributed by atoms with Crippen molar-refractivity contribution in [2.24, 2.45) is 0 Å². The van der Waals surface area contributed by atoms with Gasteiger partial charge in [0, 0.05) is 40.7 Å². The Morgan fingerprint density at radius 2 is 1.07 bits per heavy atom. The van der Waals surface area contributed by atoms with Crippen LogP contribution in [0.15, 0.2) is 83.8 Å². The highest BCUT2D eigenvalue weighted by Gasteiger charge is 2.21. The summed E-state index contributed by atoms with van der Waals surface area (Å²) in [6.45, 7) is 0. The summed E-state index contributed by atoms with van der Waals surface area (Å²) in [6, 6.07) is 20.9. The van der Waals surface area contributed by atoms with Crippen LogP contribution in [0.3, 0.4) is 0 Å². The lowest BCUT2D eigenvalue weighted by Gasteiger charge is -2.07. The highest BCUT2D eigenvalue weighted by atomic mass is 32.1. The number of nitrogens with zero attached hydrogens (tertiary/aromatic N) is 4. The van der Waals surface area contributed by atoms with Crippen LogP contribution in [0.25, 0.3) is 32.4 Å². The Balaban J connectivity index is 1.57. The molecule has 0 aliphatic heterocycles. The Morgan fingerprint density at radius 3 is 1.52 bits per heavy atom. The molecular weight excluding hydrogens is 396 g/mol. The van der Waals surface area contributed by atoms with Gasteiger partial charge >= 0.3 is 0 Å². The molecule has 0 saturated carbocycles. The Morgan fingerprint density at radius 1 is 0.621 bits per heavy atom. The predicted molar refractivity (Wildman–Crippen MR) is 120 cm³/mol. The molecule has 6 heteroatoms. The van der Waals surface area contributed by atoms with Crippen LogP contribution in [-0.2, 0) is 6.42 Å². The van der Waals surface area contributed by atoms with Gasteiger partial charge in [-0.1, -0.05) is 60.7 Å². The van der Waals surface area contributed by atoms with E-state index >= 15 is 0 Å². The van der Waals surface area contributed by atoms with E-state index in [2.05, 4.69) is 80.5 Å². The van der Waals surface area contributed by atoms with Crippen molar-refractivity contribution in [1.82, 2.24) is 18.8 Å². The van der Waals surface area contributed by atoms with E-state index in [-0.39, 0.29) is 0 Å². The third-order valence-corrected chi connectivity index (χ3v) is 6.66. The van der Waals surface area contributed by atoms with Gasteiger partial charge < -0.3 is 0 Å². The standard InChI is InChI=1S/C23H16N4S2/c1-3-7-16(8-4-1)20-18(26-11-13-28-22(26)24-20)15-19-21(17-9-5-2-6-10-17)25-23-27(19)12-14-29-23/h1-14H,15H2. The van der Waals surface area contributed by atoms with Crippen LogP contribution < -0.4 is 0 Å². The maximum Gasteiger partial charge on any atom is 0.194 e. The number of rotatable bonds is 4. The zero-order valence-corrected chi connectivity index (χ0v) is 17.0. The minimum Gasteiger partial charge on any atom is -0.294 e. The van der Waals surface area contributed by atoms with E-state index in [0.717, 1.165) is 38.9 Å². The lowest BCUT2D eigenvalue weighted by atomic mass is 10.0. The van der Waals surface area contributed by atoms with Gasteiger partial charge in [0.1, 0.15) is 0 Å². The van der Waals surface area contributed by atoms with Gasteiger partial charge in [-0.25, -0.2) is 9.97 Å².